The number of aliphatic hydroxyl groups is 1. The standard InChI is InChI=1S/C13H23N3O2S/c1-4-11-10(3)19-12(15-11)6-7-14-13(18)16(5-2)8-9-17/h17H,4-9H2,1-3H3,(H,14,18). The van der Waals surface area contributed by atoms with E-state index in [-0.39, 0.29) is 12.6 Å². The third-order valence-electron chi connectivity index (χ3n) is 2.93. The van der Waals surface area contributed by atoms with Crippen molar-refractivity contribution in [2.45, 2.75) is 33.6 Å². The zero-order chi connectivity index (χ0) is 14.3. The predicted molar refractivity (Wildman–Crippen MR) is 77.7 cm³/mol. The molecular weight excluding hydrogens is 262 g/mol. The smallest absolute Gasteiger partial charge is 0.317 e. The second-order valence-corrected chi connectivity index (χ2v) is 5.54. The summed E-state index contributed by atoms with van der Waals surface area (Å²) in [5, 5.41) is 12.8. The van der Waals surface area contributed by atoms with Gasteiger partial charge < -0.3 is 15.3 Å². The molecule has 2 N–H and O–H groups in total. The number of rotatable bonds is 7. The molecule has 0 aliphatic heterocycles. The van der Waals surface area contributed by atoms with Crippen LogP contribution in [-0.4, -0.2) is 47.3 Å². The van der Waals surface area contributed by atoms with Crippen LogP contribution in [0, 0.1) is 6.92 Å². The van der Waals surface area contributed by atoms with E-state index in [1.54, 1.807) is 16.2 Å². The highest BCUT2D eigenvalue weighted by Crippen LogP contribution is 2.17. The van der Waals surface area contributed by atoms with Gasteiger partial charge >= 0.3 is 6.03 Å². The molecule has 1 aromatic heterocycles. The lowest BCUT2D eigenvalue weighted by atomic mass is 10.3. The molecule has 6 heteroatoms. The highest BCUT2D eigenvalue weighted by molar-refractivity contribution is 7.11. The van der Waals surface area contributed by atoms with Gasteiger partial charge in [0.1, 0.15) is 0 Å². The Hall–Kier alpha value is -1.14. The molecule has 0 saturated carbocycles. The summed E-state index contributed by atoms with van der Waals surface area (Å²) < 4.78 is 0. The van der Waals surface area contributed by atoms with Gasteiger partial charge in [-0.25, -0.2) is 9.78 Å². The first-order chi connectivity index (χ1) is 9.12. The Kier molecular flexibility index (Phi) is 6.80. The van der Waals surface area contributed by atoms with Gasteiger partial charge in [0.25, 0.3) is 0 Å². The van der Waals surface area contributed by atoms with E-state index in [0.29, 0.717) is 19.6 Å². The number of aromatic nitrogens is 1. The quantitative estimate of drug-likeness (QED) is 0.799. The lowest BCUT2D eigenvalue weighted by Gasteiger charge is -2.19. The van der Waals surface area contributed by atoms with E-state index in [0.717, 1.165) is 23.5 Å². The van der Waals surface area contributed by atoms with E-state index >= 15 is 0 Å². The van der Waals surface area contributed by atoms with E-state index < -0.39 is 0 Å². The molecule has 0 bridgehead atoms. The van der Waals surface area contributed by atoms with Crippen molar-refractivity contribution >= 4 is 17.4 Å². The molecule has 0 atom stereocenters. The van der Waals surface area contributed by atoms with Crippen molar-refractivity contribution in [2.24, 2.45) is 0 Å². The van der Waals surface area contributed by atoms with Crippen LogP contribution in [0.15, 0.2) is 0 Å². The monoisotopic (exact) mass is 285 g/mol. The first kappa shape index (κ1) is 15.9. The summed E-state index contributed by atoms with van der Waals surface area (Å²) in [5.41, 5.74) is 1.15. The zero-order valence-electron chi connectivity index (χ0n) is 11.9. The molecule has 0 aromatic carbocycles. The third-order valence-corrected chi connectivity index (χ3v) is 4.00. The fourth-order valence-electron chi connectivity index (χ4n) is 1.83. The van der Waals surface area contributed by atoms with Crippen LogP contribution in [0.1, 0.15) is 29.4 Å². The van der Waals surface area contributed by atoms with E-state index in [9.17, 15) is 4.79 Å². The number of carbonyl (C=O) groups excluding carboxylic acids is 1. The van der Waals surface area contributed by atoms with Gasteiger partial charge in [0, 0.05) is 30.9 Å². The minimum Gasteiger partial charge on any atom is -0.395 e. The van der Waals surface area contributed by atoms with E-state index in [1.807, 2.05) is 6.92 Å². The van der Waals surface area contributed by atoms with Crippen molar-refractivity contribution in [1.82, 2.24) is 15.2 Å². The molecule has 0 aliphatic carbocycles. The fourth-order valence-corrected chi connectivity index (χ4v) is 2.86. The number of hydrogen-bond acceptors (Lipinski definition) is 4. The number of carbonyl (C=O) groups is 1. The highest BCUT2D eigenvalue weighted by Gasteiger charge is 2.10. The van der Waals surface area contributed by atoms with Crippen molar-refractivity contribution < 1.29 is 9.90 Å². The highest BCUT2D eigenvalue weighted by atomic mass is 32.1. The average molecular weight is 285 g/mol. The molecule has 1 rings (SSSR count). The van der Waals surface area contributed by atoms with Gasteiger partial charge in [0.2, 0.25) is 0 Å². The van der Waals surface area contributed by atoms with Crippen LogP contribution >= 0.6 is 11.3 Å². The molecule has 0 aliphatic rings. The Bertz CT molecular complexity index is 407. The van der Waals surface area contributed by atoms with Crippen molar-refractivity contribution in [1.29, 1.82) is 0 Å². The molecular formula is C13H23N3O2S. The van der Waals surface area contributed by atoms with Crippen LogP contribution in [0.2, 0.25) is 0 Å². The summed E-state index contributed by atoms with van der Waals surface area (Å²) in [6.07, 6.45) is 1.71. The molecule has 0 fully saturated rings. The average Bonchev–Trinajstić information content (AvgIpc) is 2.76. The van der Waals surface area contributed by atoms with Crippen LogP contribution in [-0.2, 0) is 12.8 Å². The summed E-state index contributed by atoms with van der Waals surface area (Å²) in [7, 11) is 0. The Morgan fingerprint density at radius 2 is 2.21 bits per heavy atom. The van der Waals surface area contributed by atoms with E-state index in [1.165, 1.54) is 4.88 Å². The predicted octanol–water partition coefficient (Wildman–Crippen LogP) is 1.58. The van der Waals surface area contributed by atoms with Crippen LogP contribution in [0.4, 0.5) is 4.79 Å². The van der Waals surface area contributed by atoms with Gasteiger partial charge in [0.05, 0.1) is 17.3 Å². The molecule has 108 valence electrons. The molecule has 1 heterocycles. The molecule has 19 heavy (non-hydrogen) atoms. The Balaban J connectivity index is 2.38. The SMILES string of the molecule is CCc1nc(CCNC(=O)N(CC)CCO)sc1C. The van der Waals surface area contributed by atoms with Crippen LogP contribution in [0.3, 0.4) is 0 Å². The number of aryl methyl sites for hydroxylation is 2. The number of likely N-dealkylation sites (N-methyl/N-ethyl adjacent to an activating group) is 1. The van der Waals surface area contributed by atoms with Gasteiger partial charge in [0.15, 0.2) is 0 Å². The lowest BCUT2D eigenvalue weighted by Crippen LogP contribution is -2.42. The van der Waals surface area contributed by atoms with Crippen molar-refractivity contribution in [3.63, 3.8) is 0 Å². The second-order valence-electron chi connectivity index (χ2n) is 4.25. The van der Waals surface area contributed by atoms with E-state index in [2.05, 4.69) is 24.1 Å². The number of urea groups is 1. The number of nitrogens with one attached hydrogen (secondary N) is 1. The third kappa shape index (κ3) is 4.80. The fraction of sp³-hybridized carbons (Fsp3) is 0.692. The van der Waals surface area contributed by atoms with Crippen LogP contribution < -0.4 is 5.32 Å². The van der Waals surface area contributed by atoms with E-state index in [4.69, 9.17) is 5.11 Å². The Morgan fingerprint density at radius 3 is 2.74 bits per heavy atom. The van der Waals surface area contributed by atoms with Gasteiger partial charge in [-0.2, -0.15) is 0 Å². The first-order valence-electron chi connectivity index (χ1n) is 6.71. The Morgan fingerprint density at radius 1 is 1.47 bits per heavy atom. The lowest BCUT2D eigenvalue weighted by molar-refractivity contribution is 0.180. The first-order valence-corrected chi connectivity index (χ1v) is 7.52. The van der Waals surface area contributed by atoms with Crippen molar-refractivity contribution in [3.8, 4) is 0 Å². The zero-order valence-corrected chi connectivity index (χ0v) is 12.7. The van der Waals surface area contributed by atoms with Crippen LogP contribution in [0.5, 0.6) is 0 Å². The number of thiazole rings is 1. The summed E-state index contributed by atoms with van der Waals surface area (Å²) in [4.78, 5) is 19.2. The Labute approximate surface area is 118 Å². The molecule has 0 unspecified atom stereocenters. The molecule has 2 amide bonds. The maximum Gasteiger partial charge on any atom is 0.317 e. The molecule has 0 saturated heterocycles. The molecule has 0 spiro atoms. The maximum atomic E-state index is 11.8. The van der Waals surface area contributed by atoms with Gasteiger partial charge in [-0.1, -0.05) is 6.92 Å². The summed E-state index contributed by atoms with van der Waals surface area (Å²) in [5.74, 6) is 0. The normalized spacial score (nSPS) is 10.5. The number of hydrogen-bond donors (Lipinski definition) is 2. The summed E-state index contributed by atoms with van der Waals surface area (Å²) in [6.45, 7) is 7.62. The maximum absolute atomic E-state index is 11.8. The second kappa shape index (κ2) is 8.12. The molecule has 5 nitrogen and oxygen atoms in total. The summed E-state index contributed by atoms with van der Waals surface area (Å²) >= 11 is 1.70. The largest absolute Gasteiger partial charge is 0.395 e. The minimum atomic E-state index is -0.124. The van der Waals surface area contributed by atoms with Gasteiger partial charge in [-0.05, 0) is 20.3 Å². The van der Waals surface area contributed by atoms with Gasteiger partial charge in [-0.3, -0.25) is 0 Å². The molecule has 0 radical (unpaired) electrons. The number of aliphatic hydroxyl groups excluding tert-OH is 1. The minimum absolute atomic E-state index is 0.00715. The van der Waals surface area contributed by atoms with Crippen LogP contribution in [0.25, 0.3) is 0 Å². The number of nitrogens with zero attached hydrogens (tertiary/aromatic N) is 2. The van der Waals surface area contributed by atoms with Crippen molar-refractivity contribution in [2.75, 3.05) is 26.2 Å². The van der Waals surface area contributed by atoms with Gasteiger partial charge in [-0.15, -0.1) is 11.3 Å². The number of amides is 2. The van der Waals surface area contributed by atoms with Crippen molar-refractivity contribution in [3.05, 3.63) is 15.6 Å². The molecule has 1 aromatic rings. The topological polar surface area (TPSA) is 65.5 Å². The summed E-state index contributed by atoms with van der Waals surface area (Å²) in [6, 6.07) is -0.124.